The van der Waals surface area contributed by atoms with Crippen molar-refractivity contribution in [1.82, 2.24) is 9.47 Å². The first-order valence-corrected chi connectivity index (χ1v) is 7.85. The van der Waals surface area contributed by atoms with Crippen LogP contribution in [0.3, 0.4) is 0 Å². The Kier molecular flexibility index (Phi) is 4.09. The average Bonchev–Trinajstić information content (AvgIpc) is 3.02. The highest BCUT2D eigenvalue weighted by molar-refractivity contribution is 8.18. The molecule has 114 valence electrons. The third-order valence-corrected chi connectivity index (χ3v) is 4.46. The average molecular weight is 322 g/mol. The second-order valence-corrected chi connectivity index (χ2v) is 6.01. The number of fused-ring (bicyclic) bond motifs is 1. The first-order chi connectivity index (χ1) is 11.2. The third-order valence-electron chi connectivity index (χ3n) is 3.55. The zero-order chi connectivity index (χ0) is 16.4. The Labute approximate surface area is 138 Å². The molecule has 3 rings (SSSR count). The number of amides is 2. The van der Waals surface area contributed by atoms with Gasteiger partial charge in [0.05, 0.1) is 11.4 Å². The van der Waals surface area contributed by atoms with E-state index < -0.39 is 0 Å². The first kappa shape index (κ1) is 15.2. The highest BCUT2D eigenvalue weighted by Crippen LogP contribution is 2.33. The van der Waals surface area contributed by atoms with E-state index in [2.05, 4.69) is 17.1 Å². The molecule has 2 amide bonds. The maximum atomic E-state index is 12.3. The standard InChI is InChI=1S/C18H14N2O2S/c1-3-9-19-12-13(14-7-5-6-8-15(14)19)11-16-17(21)20(10-4-2)18(22)23-16/h2-3,5-8,11-12H,1,9-10H2/b16-11-. The molecule has 2 heterocycles. The number of nitrogens with zero attached hydrogens (tertiary/aromatic N) is 2. The van der Waals surface area contributed by atoms with E-state index in [1.54, 1.807) is 6.08 Å². The number of imide groups is 1. The summed E-state index contributed by atoms with van der Waals surface area (Å²) in [6, 6.07) is 7.92. The van der Waals surface area contributed by atoms with Crippen LogP contribution in [0.15, 0.2) is 48.0 Å². The number of allylic oxidation sites excluding steroid dienone is 1. The van der Waals surface area contributed by atoms with Crippen molar-refractivity contribution in [1.29, 1.82) is 0 Å². The second-order valence-electron chi connectivity index (χ2n) is 5.01. The van der Waals surface area contributed by atoms with Crippen molar-refractivity contribution >= 4 is 39.9 Å². The van der Waals surface area contributed by atoms with E-state index in [4.69, 9.17) is 6.42 Å². The summed E-state index contributed by atoms with van der Waals surface area (Å²) in [7, 11) is 0. The van der Waals surface area contributed by atoms with E-state index in [1.807, 2.05) is 36.5 Å². The van der Waals surface area contributed by atoms with Crippen molar-refractivity contribution in [2.75, 3.05) is 6.54 Å². The van der Waals surface area contributed by atoms with Crippen LogP contribution in [-0.2, 0) is 11.3 Å². The van der Waals surface area contributed by atoms with E-state index in [1.165, 1.54) is 0 Å². The molecule has 0 bridgehead atoms. The minimum Gasteiger partial charge on any atom is -0.343 e. The van der Waals surface area contributed by atoms with E-state index in [9.17, 15) is 9.59 Å². The highest BCUT2D eigenvalue weighted by atomic mass is 32.2. The molecule has 0 saturated carbocycles. The summed E-state index contributed by atoms with van der Waals surface area (Å²) < 4.78 is 2.06. The van der Waals surface area contributed by atoms with Gasteiger partial charge in [0.15, 0.2) is 0 Å². The topological polar surface area (TPSA) is 42.3 Å². The zero-order valence-corrected chi connectivity index (χ0v) is 13.2. The monoisotopic (exact) mass is 322 g/mol. The Morgan fingerprint density at radius 3 is 2.83 bits per heavy atom. The van der Waals surface area contributed by atoms with Crippen LogP contribution in [0.25, 0.3) is 17.0 Å². The number of hydrogen-bond acceptors (Lipinski definition) is 3. The van der Waals surface area contributed by atoms with Crippen molar-refractivity contribution in [2.45, 2.75) is 6.54 Å². The number of thioether (sulfide) groups is 1. The van der Waals surface area contributed by atoms with Crippen molar-refractivity contribution in [2.24, 2.45) is 0 Å². The summed E-state index contributed by atoms with van der Waals surface area (Å²) in [4.78, 5) is 25.6. The van der Waals surface area contributed by atoms with Crippen LogP contribution in [0.5, 0.6) is 0 Å². The van der Waals surface area contributed by atoms with E-state index in [0.29, 0.717) is 11.4 Å². The first-order valence-electron chi connectivity index (χ1n) is 7.03. The minimum absolute atomic E-state index is 0.000229. The second kappa shape index (κ2) is 6.19. The molecule has 0 atom stereocenters. The molecule has 4 nitrogen and oxygen atoms in total. The van der Waals surface area contributed by atoms with Gasteiger partial charge in [0.25, 0.3) is 11.1 Å². The summed E-state index contributed by atoms with van der Waals surface area (Å²) in [6.45, 7) is 4.44. The van der Waals surface area contributed by atoms with Crippen LogP contribution in [0.2, 0.25) is 0 Å². The maximum absolute atomic E-state index is 12.3. The van der Waals surface area contributed by atoms with Crippen LogP contribution >= 0.6 is 11.8 Å². The number of rotatable bonds is 4. The molecular formula is C18H14N2O2S. The molecule has 2 aromatic rings. The summed E-state index contributed by atoms with van der Waals surface area (Å²) >= 11 is 0.921. The van der Waals surface area contributed by atoms with Crippen LogP contribution < -0.4 is 0 Å². The zero-order valence-electron chi connectivity index (χ0n) is 12.4. The van der Waals surface area contributed by atoms with Gasteiger partial charge in [0.1, 0.15) is 0 Å². The van der Waals surface area contributed by atoms with Gasteiger partial charge >= 0.3 is 0 Å². The molecule has 0 aliphatic carbocycles. The predicted octanol–water partition coefficient (Wildman–Crippen LogP) is 3.50. The van der Waals surface area contributed by atoms with E-state index in [-0.39, 0.29) is 17.7 Å². The Hall–Kier alpha value is -2.71. The third kappa shape index (κ3) is 2.69. The van der Waals surface area contributed by atoms with Crippen LogP contribution in [0, 0.1) is 12.3 Å². The molecule has 1 aromatic heterocycles. The Morgan fingerprint density at radius 1 is 1.30 bits per heavy atom. The molecule has 1 aromatic carbocycles. The van der Waals surface area contributed by atoms with Gasteiger partial charge in [-0.25, -0.2) is 0 Å². The Balaban J connectivity index is 2.05. The lowest BCUT2D eigenvalue weighted by atomic mass is 10.1. The Morgan fingerprint density at radius 2 is 2.09 bits per heavy atom. The number of carbonyl (C=O) groups excluding carboxylic acids is 2. The Bertz CT molecular complexity index is 886. The predicted molar refractivity (Wildman–Crippen MR) is 93.6 cm³/mol. The molecule has 0 N–H and O–H groups in total. The van der Waals surface area contributed by atoms with Crippen molar-refractivity contribution in [3.63, 3.8) is 0 Å². The van der Waals surface area contributed by atoms with E-state index >= 15 is 0 Å². The van der Waals surface area contributed by atoms with Crippen LogP contribution in [0.4, 0.5) is 4.79 Å². The van der Waals surface area contributed by atoms with Crippen molar-refractivity contribution in [3.8, 4) is 12.3 Å². The van der Waals surface area contributed by atoms with Gasteiger partial charge in [-0.2, -0.15) is 0 Å². The lowest BCUT2D eigenvalue weighted by molar-refractivity contribution is -0.122. The summed E-state index contributed by atoms with van der Waals surface area (Å²) in [5.74, 6) is 2.00. The molecule has 23 heavy (non-hydrogen) atoms. The van der Waals surface area contributed by atoms with Gasteiger partial charge in [0.2, 0.25) is 0 Å². The maximum Gasteiger partial charge on any atom is 0.294 e. The van der Waals surface area contributed by atoms with Crippen LogP contribution in [-0.4, -0.2) is 27.2 Å². The fraction of sp³-hybridized carbons (Fsp3) is 0.111. The fourth-order valence-electron chi connectivity index (χ4n) is 2.55. The van der Waals surface area contributed by atoms with Gasteiger partial charge < -0.3 is 4.57 Å². The van der Waals surface area contributed by atoms with Crippen molar-refractivity contribution < 1.29 is 9.59 Å². The largest absolute Gasteiger partial charge is 0.343 e. The summed E-state index contributed by atoms with van der Waals surface area (Å²) in [5, 5.41) is 0.701. The van der Waals surface area contributed by atoms with Crippen molar-refractivity contribution in [3.05, 3.63) is 53.6 Å². The summed E-state index contributed by atoms with van der Waals surface area (Å²) in [6.07, 6.45) is 10.7. The number of aromatic nitrogens is 1. The summed E-state index contributed by atoms with van der Waals surface area (Å²) in [5.41, 5.74) is 1.95. The SMILES string of the molecule is C#CCN1C(=O)S/C(=C\c2cn(CC=C)c3ccccc23)C1=O. The number of hydrogen-bond donors (Lipinski definition) is 0. The van der Waals surface area contributed by atoms with Gasteiger partial charge in [-0.3, -0.25) is 14.5 Å². The van der Waals surface area contributed by atoms with Gasteiger partial charge in [-0.1, -0.05) is 30.2 Å². The molecule has 5 heteroatoms. The minimum atomic E-state index is -0.335. The fourth-order valence-corrected chi connectivity index (χ4v) is 3.38. The molecule has 0 unspecified atom stereocenters. The highest BCUT2D eigenvalue weighted by Gasteiger charge is 2.34. The molecule has 0 radical (unpaired) electrons. The van der Waals surface area contributed by atoms with Gasteiger partial charge in [-0.15, -0.1) is 13.0 Å². The molecule has 0 spiro atoms. The molecule has 1 aliphatic heterocycles. The van der Waals surface area contributed by atoms with Crippen LogP contribution in [0.1, 0.15) is 5.56 Å². The molecule has 1 fully saturated rings. The van der Waals surface area contributed by atoms with Gasteiger partial charge in [-0.05, 0) is 23.9 Å². The van der Waals surface area contributed by atoms with Gasteiger partial charge in [0, 0.05) is 29.2 Å². The molecular weight excluding hydrogens is 308 g/mol. The number of terminal acetylenes is 1. The number of benzene rings is 1. The lowest BCUT2D eigenvalue weighted by Crippen LogP contribution is -2.28. The number of carbonyl (C=O) groups is 2. The quantitative estimate of drug-likeness (QED) is 0.491. The molecule has 1 saturated heterocycles. The smallest absolute Gasteiger partial charge is 0.294 e. The molecule has 1 aliphatic rings. The lowest BCUT2D eigenvalue weighted by Gasteiger charge is -2.06. The van der Waals surface area contributed by atoms with E-state index in [0.717, 1.165) is 33.1 Å². The number of para-hydroxylation sites is 1. The normalized spacial score (nSPS) is 16.3.